The summed E-state index contributed by atoms with van der Waals surface area (Å²) >= 11 is 1.48. The number of hydrogen-bond acceptors (Lipinski definition) is 5. The quantitative estimate of drug-likeness (QED) is 0.874. The minimum Gasteiger partial charge on any atom is -0.330 e. The third-order valence-corrected chi connectivity index (χ3v) is 4.69. The van der Waals surface area contributed by atoms with E-state index in [1.807, 2.05) is 0 Å². The van der Waals surface area contributed by atoms with Crippen LogP contribution in [0.15, 0.2) is 0 Å². The van der Waals surface area contributed by atoms with Crippen molar-refractivity contribution >= 4 is 22.4 Å². The third kappa shape index (κ3) is 4.24. The van der Waals surface area contributed by atoms with Crippen LogP contribution in [0.5, 0.6) is 0 Å². The second-order valence-electron chi connectivity index (χ2n) is 6.04. The van der Waals surface area contributed by atoms with Crippen molar-refractivity contribution in [3.63, 3.8) is 0 Å². The average molecular weight is 296 g/mol. The molecule has 3 N–H and O–H groups in total. The lowest BCUT2D eigenvalue weighted by Crippen LogP contribution is -2.29. The zero-order valence-electron chi connectivity index (χ0n) is 12.3. The molecule has 0 bridgehead atoms. The normalized spacial score (nSPS) is 23.0. The largest absolute Gasteiger partial charge is 0.330 e. The van der Waals surface area contributed by atoms with Crippen molar-refractivity contribution in [3.05, 3.63) is 5.01 Å². The van der Waals surface area contributed by atoms with Crippen LogP contribution in [0.1, 0.15) is 44.5 Å². The number of hydrogen-bond donors (Lipinski definition) is 2. The molecular weight excluding hydrogens is 272 g/mol. The standard InChI is InChI=1S/C14H24N4OS/c1-9(2)7-12-17-18-14(20-12)16-13(19)11-5-3-10(8-15)4-6-11/h9-11H,3-8,15H2,1-2H3,(H,16,18,19). The van der Waals surface area contributed by atoms with E-state index in [0.29, 0.717) is 17.0 Å². The summed E-state index contributed by atoms with van der Waals surface area (Å²) in [5.74, 6) is 1.35. The second-order valence-corrected chi connectivity index (χ2v) is 7.10. The zero-order chi connectivity index (χ0) is 14.5. The van der Waals surface area contributed by atoms with Gasteiger partial charge in [-0.1, -0.05) is 25.2 Å². The Bertz CT molecular complexity index is 438. The van der Waals surface area contributed by atoms with E-state index in [0.717, 1.165) is 43.7 Å². The van der Waals surface area contributed by atoms with Crippen molar-refractivity contribution in [3.8, 4) is 0 Å². The fourth-order valence-corrected chi connectivity index (χ4v) is 3.56. The van der Waals surface area contributed by atoms with Crippen LogP contribution in [0.3, 0.4) is 0 Å². The molecule has 1 aromatic rings. The van der Waals surface area contributed by atoms with Crippen molar-refractivity contribution < 1.29 is 4.79 Å². The van der Waals surface area contributed by atoms with Crippen LogP contribution >= 0.6 is 11.3 Å². The van der Waals surface area contributed by atoms with Gasteiger partial charge in [-0.3, -0.25) is 4.79 Å². The van der Waals surface area contributed by atoms with E-state index in [1.54, 1.807) is 0 Å². The van der Waals surface area contributed by atoms with E-state index >= 15 is 0 Å². The molecule has 5 nitrogen and oxygen atoms in total. The Labute approximate surface area is 124 Å². The molecule has 1 amide bonds. The molecule has 0 spiro atoms. The number of nitrogens with one attached hydrogen (secondary N) is 1. The number of nitrogens with two attached hydrogens (primary N) is 1. The highest BCUT2D eigenvalue weighted by Crippen LogP contribution is 2.29. The summed E-state index contributed by atoms with van der Waals surface area (Å²) in [6.45, 7) is 5.04. The maximum absolute atomic E-state index is 12.2. The molecule has 0 radical (unpaired) electrons. The van der Waals surface area contributed by atoms with Gasteiger partial charge in [-0.2, -0.15) is 0 Å². The van der Waals surface area contributed by atoms with Crippen LogP contribution in [-0.2, 0) is 11.2 Å². The van der Waals surface area contributed by atoms with E-state index < -0.39 is 0 Å². The van der Waals surface area contributed by atoms with Gasteiger partial charge in [0, 0.05) is 12.3 Å². The molecule has 1 aliphatic rings. The summed E-state index contributed by atoms with van der Waals surface area (Å²) in [6, 6.07) is 0. The number of carbonyl (C=O) groups excluding carboxylic acids is 1. The van der Waals surface area contributed by atoms with Gasteiger partial charge < -0.3 is 11.1 Å². The third-order valence-electron chi connectivity index (χ3n) is 3.83. The average Bonchev–Trinajstić information content (AvgIpc) is 2.85. The summed E-state index contributed by atoms with van der Waals surface area (Å²) in [6.07, 6.45) is 4.90. The van der Waals surface area contributed by atoms with E-state index in [4.69, 9.17) is 5.73 Å². The van der Waals surface area contributed by atoms with Gasteiger partial charge in [0.05, 0.1) is 0 Å². The van der Waals surface area contributed by atoms with Crippen LogP contribution in [0.25, 0.3) is 0 Å². The highest BCUT2D eigenvalue weighted by molar-refractivity contribution is 7.15. The van der Waals surface area contributed by atoms with Crippen LogP contribution in [0.2, 0.25) is 0 Å². The summed E-state index contributed by atoms with van der Waals surface area (Å²) in [7, 11) is 0. The predicted molar refractivity (Wildman–Crippen MR) is 81.6 cm³/mol. The molecule has 1 aromatic heterocycles. The molecule has 2 rings (SSSR count). The van der Waals surface area contributed by atoms with Crippen molar-refractivity contribution in [2.45, 2.75) is 46.0 Å². The summed E-state index contributed by atoms with van der Waals surface area (Å²) in [5, 5.41) is 12.7. The SMILES string of the molecule is CC(C)Cc1nnc(NC(=O)C2CCC(CN)CC2)s1. The molecule has 6 heteroatoms. The Morgan fingerprint density at radius 3 is 2.65 bits per heavy atom. The monoisotopic (exact) mass is 296 g/mol. The number of amides is 1. The molecule has 1 saturated carbocycles. The molecule has 0 saturated heterocycles. The van der Waals surface area contributed by atoms with Gasteiger partial charge in [-0.15, -0.1) is 10.2 Å². The molecule has 0 aliphatic heterocycles. The maximum atomic E-state index is 12.2. The highest BCUT2D eigenvalue weighted by Gasteiger charge is 2.26. The predicted octanol–water partition coefficient (Wildman–Crippen LogP) is 2.44. The van der Waals surface area contributed by atoms with Crippen LogP contribution in [0, 0.1) is 17.8 Å². The molecule has 20 heavy (non-hydrogen) atoms. The maximum Gasteiger partial charge on any atom is 0.229 e. The minimum atomic E-state index is 0.0905. The van der Waals surface area contributed by atoms with E-state index in [-0.39, 0.29) is 11.8 Å². The minimum absolute atomic E-state index is 0.0905. The van der Waals surface area contributed by atoms with E-state index in [9.17, 15) is 4.79 Å². The Balaban J connectivity index is 1.84. The Kier molecular flexibility index (Phi) is 5.48. The van der Waals surface area contributed by atoms with Gasteiger partial charge in [-0.25, -0.2) is 0 Å². The van der Waals surface area contributed by atoms with Gasteiger partial charge in [0.15, 0.2) is 0 Å². The molecule has 1 aliphatic carbocycles. The molecule has 1 fully saturated rings. The number of carbonyl (C=O) groups is 1. The molecule has 1 heterocycles. The molecule has 0 atom stereocenters. The van der Waals surface area contributed by atoms with Crippen molar-refractivity contribution in [1.29, 1.82) is 0 Å². The first-order valence-electron chi connectivity index (χ1n) is 7.41. The van der Waals surface area contributed by atoms with Crippen molar-refractivity contribution in [2.75, 3.05) is 11.9 Å². The number of nitrogens with zero attached hydrogens (tertiary/aromatic N) is 2. The molecular formula is C14H24N4OS. The number of rotatable bonds is 5. The molecule has 0 aromatic carbocycles. The summed E-state index contributed by atoms with van der Waals surface area (Å²) < 4.78 is 0. The molecule has 112 valence electrons. The fourth-order valence-electron chi connectivity index (χ4n) is 2.60. The summed E-state index contributed by atoms with van der Waals surface area (Å²) in [5.41, 5.74) is 5.67. The lowest BCUT2D eigenvalue weighted by molar-refractivity contribution is -0.121. The van der Waals surface area contributed by atoms with Gasteiger partial charge in [0.1, 0.15) is 5.01 Å². The van der Waals surface area contributed by atoms with Gasteiger partial charge >= 0.3 is 0 Å². The topological polar surface area (TPSA) is 80.9 Å². The zero-order valence-corrected chi connectivity index (χ0v) is 13.1. The highest BCUT2D eigenvalue weighted by atomic mass is 32.1. The van der Waals surface area contributed by atoms with Crippen LogP contribution < -0.4 is 11.1 Å². The smallest absolute Gasteiger partial charge is 0.229 e. The van der Waals surface area contributed by atoms with E-state index in [2.05, 4.69) is 29.4 Å². The van der Waals surface area contributed by atoms with E-state index in [1.165, 1.54) is 11.3 Å². The lowest BCUT2D eigenvalue weighted by atomic mass is 9.82. The lowest BCUT2D eigenvalue weighted by Gasteiger charge is -2.26. The van der Waals surface area contributed by atoms with Gasteiger partial charge in [0.2, 0.25) is 11.0 Å². The Morgan fingerprint density at radius 1 is 1.35 bits per heavy atom. The number of anilines is 1. The van der Waals surface area contributed by atoms with Crippen LogP contribution in [0.4, 0.5) is 5.13 Å². The van der Waals surface area contributed by atoms with Gasteiger partial charge in [0.25, 0.3) is 0 Å². The first-order chi connectivity index (χ1) is 9.58. The van der Waals surface area contributed by atoms with Crippen molar-refractivity contribution in [2.24, 2.45) is 23.5 Å². The first kappa shape index (κ1) is 15.4. The molecule has 0 unspecified atom stereocenters. The Hall–Kier alpha value is -1.01. The number of aromatic nitrogens is 2. The van der Waals surface area contributed by atoms with Crippen LogP contribution in [-0.4, -0.2) is 22.6 Å². The Morgan fingerprint density at radius 2 is 2.05 bits per heavy atom. The summed E-state index contributed by atoms with van der Waals surface area (Å²) in [4.78, 5) is 12.2. The first-order valence-corrected chi connectivity index (χ1v) is 8.23. The van der Waals surface area contributed by atoms with Crippen molar-refractivity contribution in [1.82, 2.24) is 10.2 Å². The fraction of sp³-hybridized carbons (Fsp3) is 0.786. The van der Waals surface area contributed by atoms with Gasteiger partial charge in [-0.05, 0) is 44.1 Å². The second kappa shape index (κ2) is 7.13.